The largest absolute Gasteiger partial charge is 0.289 e. The van der Waals surface area contributed by atoms with Crippen molar-refractivity contribution in [3.8, 4) is 0 Å². The number of hydrogen-bond donors (Lipinski definition) is 1. The van der Waals surface area contributed by atoms with E-state index in [1.807, 2.05) is 12.1 Å². The van der Waals surface area contributed by atoms with E-state index in [-0.39, 0.29) is 5.78 Å². The summed E-state index contributed by atoms with van der Waals surface area (Å²) in [5.41, 5.74) is 6.34. The maximum Gasteiger partial charge on any atom is 0.276 e. The molecule has 3 nitrogen and oxygen atoms in total. The van der Waals surface area contributed by atoms with Gasteiger partial charge in [0.25, 0.3) is 5.82 Å². The second-order valence-corrected chi connectivity index (χ2v) is 4.16. The third kappa shape index (κ3) is 2.96. The summed E-state index contributed by atoms with van der Waals surface area (Å²) in [7, 11) is 0. The molecule has 18 heavy (non-hydrogen) atoms. The number of hydrogen-bond acceptors (Lipinski definition) is 2. The van der Waals surface area contributed by atoms with Gasteiger partial charge in [0.15, 0.2) is 5.78 Å². The first-order chi connectivity index (χ1) is 8.66. The lowest BCUT2D eigenvalue weighted by Crippen LogP contribution is -2.29. The van der Waals surface area contributed by atoms with Crippen molar-refractivity contribution < 1.29 is 9.36 Å². The van der Waals surface area contributed by atoms with Crippen LogP contribution in [0.2, 0.25) is 5.02 Å². The second-order valence-electron chi connectivity index (χ2n) is 3.72. The number of benzene rings is 1. The van der Waals surface area contributed by atoms with E-state index in [0.717, 1.165) is 0 Å². The van der Waals surface area contributed by atoms with Gasteiger partial charge in [-0.3, -0.25) is 10.5 Å². The van der Waals surface area contributed by atoms with Crippen LogP contribution in [0, 0.1) is 0 Å². The highest BCUT2D eigenvalue weighted by molar-refractivity contribution is 6.30. The van der Waals surface area contributed by atoms with Crippen molar-refractivity contribution in [2.75, 3.05) is 5.73 Å². The Balaban J connectivity index is 2.17. The molecular formula is C14H12ClN2O+. The molecule has 0 spiro atoms. The fourth-order valence-corrected chi connectivity index (χ4v) is 1.59. The molecule has 0 aliphatic rings. The lowest BCUT2D eigenvalue weighted by Gasteiger charge is -1.96. The number of carbonyl (C=O) groups is 1. The molecule has 2 rings (SSSR count). The molecule has 0 saturated heterocycles. The average molecular weight is 260 g/mol. The number of ketones is 1. The Morgan fingerprint density at radius 3 is 2.56 bits per heavy atom. The summed E-state index contributed by atoms with van der Waals surface area (Å²) in [6.07, 6.45) is 4.88. The highest BCUT2D eigenvalue weighted by atomic mass is 35.5. The summed E-state index contributed by atoms with van der Waals surface area (Å²) in [5.74, 6) is 0.472. The zero-order chi connectivity index (χ0) is 13.0. The van der Waals surface area contributed by atoms with Gasteiger partial charge in [0.1, 0.15) is 0 Å². The van der Waals surface area contributed by atoms with Gasteiger partial charge < -0.3 is 0 Å². The molecule has 0 unspecified atom stereocenters. The van der Waals surface area contributed by atoms with Crippen LogP contribution in [0.3, 0.4) is 0 Å². The Labute approximate surface area is 110 Å². The molecule has 2 aromatic rings. The molecule has 1 heterocycles. The van der Waals surface area contributed by atoms with Gasteiger partial charge >= 0.3 is 0 Å². The van der Waals surface area contributed by atoms with Gasteiger partial charge in [-0.1, -0.05) is 17.7 Å². The van der Waals surface area contributed by atoms with Crippen LogP contribution in [0.1, 0.15) is 10.4 Å². The Hall–Kier alpha value is -2.13. The zero-order valence-electron chi connectivity index (χ0n) is 9.58. The van der Waals surface area contributed by atoms with Crippen LogP contribution in [0.4, 0.5) is 5.82 Å². The van der Waals surface area contributed by atoms with Crippen LogP contribution in [-0.2, 0) is 0 Å². The van der Waals surface area contributed by atoms with Gasteiger partial charge in [0.05, 0.1) is 12.4 Å². The topological polar surface area (TPSA) is 47.0 Å². The molecule has 0 fully saturated rings. The highest BCUT2D eigenvalue weighted by Gasteiger charge is 2.03. The van der Waals surface area contributed by atoms with Crippen LogP contribution >= 0.6 is 11.6 Å². The molecule has 0 bridgehead atoms. The molecule has 1 aromatic carbocycles. The molecule has 0 aliphatic carbocycles. The first-order valence-corrected chi connectivity index (χ1v) is 5.78. The van der Waals surface area contributed by atoms with E-state index in [1.165, 1.54) is 6.08 Å². The van der Waals surface area contributed by atoms with Crippen molar-refractivity contribution in [1.82, 2.24) is 0 Å². The standard InChI is InChI=1S/C14H11ClN2O/c15-12-6-4-11(5-7-12)13(18)8-10-17-9-2-1-3-14(17)16/h1-10,16H/p+1/b10-8+. The van der Waals surface area contributed by atoms with Crippen molar-refractivity contribution in [3.63, 3.8) is 0 Å². The number of allylic oxidation sites excluding steroid dienone is 1. The predicted molar refractivity (Wildman–Crippen MR) is 72.2 cm³/mol. The summed E-state index contributed by atoms with van der Waals surface area (Å²) in [5, 5.41) is 0.609. The minimum Gasteiger partial charge on any atom is -0.289 e. The fourth-order valence-electron chi connectivity index (χ4n) is 1.46. The lowest BCUT2D eigenvalue weighted by molar-refractivity contribution is -0.552. The smallest absolute Gasteiger partial charge is 0.276 e. The predicted octanol–water partition coefficient (Wildman–Crippen LogP) is 2.56. The van der Waals surface area contributed by atoms with Gasteiger partial charge in [-0.2, -0.15) is 0 Å². The number of aromatic nitrogens is 1. The summed E-state index contributed by atoms with van der Waals surface area (Å²) < 4.78 is 1.67. The minimum atomic E-state index is -0.0950. The number of rotatable bonds is 3. The van der Waals surface area contributed by atoms with E-state index in [1.54, 1.807) is 47.3 Å². The quantitative estimate of drug-likeness (QED) is 0.523. The number of nitrogens with zero attached hydrogens (tertiary/aromatic N) is 1. The second kappa shape index (κ2) is 5.47. The third-order valence-corrected chi connectivity index (χ3v) is 2.69. The highest BCUT2D eigenvalue weighted by Crippen LogP contribution is 2.10. The Morgan fingerprint density at radius 1 is 1.17 bits per heavy atom. The molecule has 90 valence electrons. The Morgan fingerprint density at radius 2 is 1.89 bits per heavy atom. The van der Waals surface area contributed by atoms with E-state index in [9.17, 15) is 4.79 Å². The summed E-state index contributed by atoms with van der Waals surface area (Å²) >= 11 is 5.76. The van der Waals surface area contributed by atoms with E-state index in [2.05, 4.69) is 0 Å². The molecule has 0 amide bonds. The lowest BCUT2D eigenvalue weighted by atomic mass is 10.1. The molecule has 2 N–H and O–H groups in total. The van der Waals surface area contributed by atoms with Crippen LogP contribution in [0.15, 0.2) is 54.7 Å². The number of halogens is 1. The molecular weight excluding hydrogens is 248 g/mol. The summed E-state index contributed by atoms with van der Waals surface area (Å²) in [6.45, 7) is 0. The number of carbonyl (C=O) groups excluding carboxylic acids is 1. The van der Waals surface area contributed by atoms with Crippen LogP contribution in [-0.4, -0.2) is 5.78 Å². The molecule has 4 heteroatoms. The zero-order valence-corrected chi connectivity index (χ0v) is 10.3. The van der Waals surface area contributed by atoms with E-state index >= 15 is 0 Å². The van der Waals surface area contributed by atoms with Crippen LogP contribution in [0.25, 0.3) is 6.20 Å². The van der Waals surface area contributed by atoms with Gasteiger partial charge in [0, 0.05) is 22.7 Å². The monoisotopic (exact) mass is 259 g/mol. The van der Waals surface area contributed by atoms with Crippen LogP contribution in [0.5, 0.6) is 0 Å². The third-order valence-electron chi connectivity index (χ3n) is 2.44. The van der Waals surface area contributed by atoms with Gasteiger partial charge in [-0.05, 0) is 30.3 Å². The maximum atomic E-state index is 11.9. The van der Waals surface area contributed by atoms with E-state index in [4.69, 9.17) is 17.3 Å². The van der Waals surface area contributed by atoms with E-state index in [0.29, 0.717) is 16.4 Å². The van der Waals surface area contributed by atoms with Gasteiger partial charge in [0.2, 0.25) is 0 Å². The Bertz CT molecular complexity index is 591. The minimum absolute atomic E-state index is 0.0950. The average Bonchev–Trinajstić information content (AvgIpc) is 2.38. The molecule has 0 atom stereocenters. The van der Waals surface area contributed by atoms with Gasteiger partial charge in [-0.25, -0.2) is 4.57 Å². The van der Waals surface area contributed by atoms with Crippen molar-refractivity contribution >= 4 is 29.4 Å². The van der Waals surface area contributed by atoms with Crippen molar-refractivity contribution in [2.45, 2.75) is 0 Å². The van der Waals surface area contributed by atoms with Crippen LogP contribution < -0.4 is 10.3 Å². The first-order valence-electron chi connectivity index (χ1n) is 5.40. The SMILES string of the molecule is Nc1cccc[n+]1/C=C/C(=O)c1ccc(Cl)cc1. The van der Waals surface area contributed by atoms with Crippen molar-refractivity contribution in [2.24, 2.45) is 0 Å². The maximum absolute atomic E-state index is 11.9. The normalized spacial score (nSPS) is 10.7. The fraction of sp³-hybridized carbons (Fsp3) is 0. The first kappa shape index (κ1) is 12.3. The number of anilines is 1. The Kier molecular flexibility index (Phi) is 3.75. The summed E-state index contributed by atoms with van der Waals surface area (Å²) in [6, 6.07) is 12.2. The van der Waals surface area contributed by atoms with Crippen molar-refractivity contribution in [1.29, 1.82) is 0 Å². The van der Waals surface area contributed by atoms with E-state index < -0.39 is 0 Å². The molecule has 0 saturated carbocycles. The molecule has 0 aliphatic heterocycles. The van der Waals surface area contributed by atoms with Crippen molar-refractivity contribution in [3.05, 3.63) is 65.3 Å². The van der Waals surface area contributed by atoms with Gasteiger partial charge in [-0.15, -0.1) is 0 Å². The molecule has 1 aromatic heterocycles. The number of nitrogens with two attached hydrogens (primary N) is 1. The molecule has 0 radical (unpaired) electrons. The summed E-state index contributed by atoms with van der Waals surface area (Å²) in [4.78, 5) is 11.9. The number of pyridine rings is 1. The number of nitrogen functional groups attached to an aromatic ring is 1.